The van der Waals surface area contributed by atoms with Crippen molar-refractivity contribution in [1.29, 1.82) is 0 Å². The standard InChI is InChI=1S/C22H24N2O4S2/c1-24(14-6-15-28-20-7-3-2-4-8-20)21(25)17-18-10-12-19(13-11-18)23-30(26,27)22-9-5-16-29-22/h2-5,7-13,16,23H,6,14-15,17H2,1H3. The Kier molecular flexibility index (Phi) is 7.48. The summed E-state index contributed by atoms with van der Waals surface area (Å²) in [4.78, 5) is 14.1. The van der Waals surface area contributed by atoms with E-state index in [1.807, 2.05) is 30.3 Å². The van der Waals surface area contributed by atoms with Gasteiger partial charge in [-0.25, -0.2) is 8.42 Å². The van der Waals surface area contributed by atoms with E-state index in [4.69, 9.17) is 4.74 Å². The molecular formula is C22H24N2O4S2. The number of nitrogens with zero attached hydrogens (tertiary/aromatic N) is 1. The van der Waals surface area contributed by atoms with Crippen LogP contribution in [0.15, 0.2) is 76.3 Å². The van der Waals surface area contributed by atoms with Crippen LogP contribution < -0.4 is 9.46 Å². The number of amides is 1. The van der Waals surface area contributed by atoms with Crippen LogP contribution in [0.5, 0.6) is 5.75 Å². The summed E-state index contributed by atoms with van der Waals surface area (Å²) in [5.41, 5.74) is 1.29. The fraction of sp³-hybridized carbons (Fsp3) is 0.227. The van der Waals surface area contributed by atoms with Gasteiger partial charge < -0.3 is 9.64 Å². The predicted molar refractivity (Wildman–Crippen MR) is 119 cm³/mol. The molecule has 0 unspecified atom stereocenters. The van der Waals surface area contributed by atoms with Gasteiger partial charge in [-0.2, -0.15) is 0 Å². The Morgan fingerprint density at radius 3 is 2.43 bits per heavy atom. The topological polar surface area (TPSA) is 75.7 Å². The third-order valence-corrected chi connectivity index (χ3v) is 7.18. The highest BCUT2D eigenvalue weighted by molar-refractivity contribution is 7.94. The van der Waals surface area contributed by atoms with E-state index in [9.17, 15) is 13.2 Å². The van der Waals surface area contributed by atoms with E-state index in [0.29, 0.717) is 18.8 Å². The number of likely N-dealkylation sites (N-methyl/N-ethyl adjacent to an activating group) is 1. The molecule has 158 valence electrons. The second-order valence-electron chi connectivity index (χ2n) is 6.74. The van der Waals surface area contributed by atoms with Gasteiger partial charge in [0.15, 0.2) is 0 Å². The lowest BCUT2D eigenvalue weighted by Crippen LogP contribution is -2.30. The van der Waals surface area contributed by atoms with Crippen molar-refractivity contribution < 1.29 is 17.9 Å². The van der Waals surface area contributed by atoms with Gasteiger partial charge in [0.05, 0.1) is 13.0 Å². The van der Waals surface area contributed by atoms with Crippen molar-refractivity contribution in [3.8, 4) is 5.75 Å². The molecule has 1 N–H and O–H groups in total. The van der Waals surface area contributed by atoms with Crippen molar-refractivity contribution in [2.24, 2.45) is 0 Å². The Balaban J connectivity index is 1.44. The maximum atomic E-state index is 12.4. The molecule has 8 heteroatoms. The summed E-state index contributed by atoms with van der Waals surface area (Å²) in [6.45, 7) is 1.14. The van der Waals surface area contributed by atoms with Crippen LogP contribution in [0.2, 0.25) is 0 Å². The van der Waals surface area contributed by atoms with Crippen LogP contribution in [-0.4, -0.2) is 39.4 Å². The van der Waals surface area contributed by atoms with Crippen LogP contribution in [0.1, 0.15) is 12.0 Å². The van der Waals surface area contributed by atoms with Crippen molar-refractivity contribution in [2.75, 3.05) is 24.9 Å². The van der Waals surface area contributed by atoms with Crippen molar-refractivity contribution in [3.05, 3.63) is 77.7 Å². The molecule has 1 amide bonds. The number of sulfonamides is 1. The molecule has 0 spiro atoms. The Bertz CT molecular complexity index is 1030. The fourth-order valence-corrected chi connectivity index (χ4v) is 4.81. The molecule has 0 saturated heterocycles. The van der Waals surface area contributed by atoms with E-state index in [0.717, 1.165) is 29.1 Å². The average Bonchev–Trinajstić information content (AvgIpc) is 3.29. The van der Waals surface area contributed by atoms with Crippen LogP contribution >= 0.6 is 11.3 Å². The Labute approximate surface area is 181 Å². The van der Waals surface area contributed by atoms with E-state index in [1.165, 1.54) is 0 Å². The largest absolute Gasteiger partial charge is 0.494 e. The molecule has 0 bridgehead atoms. The Morgan fingerprint density at radius 1 is 1.03 bits per heavy atom. The molecule has 1 heterocycles. The molecule has 6 nitrogen and oxygen atoms in total. The van der Waals surface area contributed by atoms with E-state index < -0.39 is 10.0 Å². The van der Waals surface area contributed by atoms with Crippen molar-refractivity contribution >= 4 is 33.0 Å². The number of thiophene rings is 1. The highest BCUT2D eigenvalue weighted by Gasteiger charge is 2.15. The minimum absolute atomic E-state index is 0.00151. The lowest BCUT2D eigenvalue weighted by Gasteiger charge is -2.17. The van der Waals surface area contributed by atoms with Crippen molar-refractivity contribution in [2.45, 2.75) is 17.1 Å². The molecular weight excluding hydrogens is 420 g/mol. The first-order chi connectivity index (χ1) is 14.4. The number of hydrogen-bond acceptors (Lipinski definition) is 5. The summed E-state index contributed by atoms with van der Waals surface area (Å²) in [6, 6.07) is 19.7. The second-order valence-corrected chi connectivity index (χ2v) is 9.60. The zero-order chi connectivity index (χ0) is 21.4. The Morgan fingerprint density at radius 2 is 1.77 bits per heavy atom. The number of rotatable bonds is 10. The van der Waals surface area contributed by atoms with Crippen LogP contribution in [-0.2, 0) is 21.2 Å². The van der Waals surface area contributed by atoms with Gasteiger partial charge in [0.1, 0.15) is 9.96 Å². The molecule has 0 aliphatic rings. The van der Waals surface area contributed by atoms with Crippen molar-refractivity contribution in [1.82, 2.24) is 4.90 Å². The molecule has 1 aromatic heterocycles. The Hall–Kier alpha value is -2.84. The van der Waals surface area contributed by atoms with E-state index in [2.05, 4.69) is 4.72 Å². The number of anilines is 1. The first-order valence-corrected chi connectivity index (χ1v) is 11.9. The number of benzene rings is 2. The minimum Gasteiger partial charge on any atom is -0.494 e. The molecule has 3 rings (SSSR count). The second kappa shape index (κ2) is 10.3. The van der Waals surface area contributed by atoms with Gasteiger partial charge in [0, 0.05) is 19.3 Å². The predicted octanol–water partition coefficient (Wildman–Crippen LogP) is 4.02. The zero-order valence-electron chi connectivity index (χ0n) is 16.7. The number of hydrogen-bond donors (Lipinski definition) is 1. The minimum atomic E-state index is -3.57. The van der Waals surface area contributed by atoms with Crippen LogP contribution in [0.4, 0.5) is 5.69 Å². The quantitative estimate of drug-likeness (QED) is 0.479. The van der Waals surface area contributed by atoms with E-state index >= 15 is 0 Å². The molecule has 0 saturated carbocycles. The average molecular weight is 445 g/mol. The molecule has 0 aliphatic carbocycles. The summed E-state index contributed by atoms with van der Waals surface area (Å²) in [5, 5.41) is 1.72. The SMILES string of the molecule is CN(CCCOc1ccccc1)C(=O)Cc1ccc(NS(=O)(=O)c2cccs2)cc1. The van der Waals surface area contributed by atoms with Gasteiger partial charge in [-0.1, -0.05) is 36.4 Å². The van der Waals surface area contributed by atoms with Crippen molar-refractivity contribution in [3.63, 3.8) is 0 Å². The third-order valence-electron chi connectivity index (χ3n) is 4.40. The van der Waals surface area contributed by atoms with Crippen LogP contribution in [0.25, 0.3) is 0 Å². The van der Waals surface area contributed by atoms with Gasteiger partial charge in [0.25, 0.3) is 10.0 Å². The fourth-order valence-electron chi connectivity index (χ4n) is 2.76. The van der Waals surface area contributed by atoms with E-state index in [-0.39, 0.29) is 16.5 Å². The molecule has 0 fully saturated rings. The number of ether oxygens (including phenoxy) is 1. The number of carbonyl (C=O) groups is 1. The molecule has 0 radical (unpaired) electrons. The van der Waals surface area contributed by atoms with Gasteiger partial charge in [-0.05, 0) is 47.7 Å². The summed E-state index contributed by atoms with van der Waals surface area (Å²) in [7, 11) is -1.80. The summed E-state index contributed by atoms with van der Waals surface area (Å²) in [5.74, 6) is 0.822. The number of nitrogens with one attached hydrogen (secondary N) is 1. The smallest absolute Gasteiger partial charge is 0.271 e. The first-order valence-electron chi connectivity index (χ1n) is 9.51. The summed E-state index contributed by atoms with van der Waals surface area (Å²) in [6.07, 6.45) is 0.995. The molecule has 30 heavy (non-hydrogen) atoms. The van der Waals surface area contributed by atoms with Gasteiger partial charge in [-0.15, -0.1) is 11.3 Å². The third kappa shape index (κ3) is 6.33. The van der Waals surface area contributed by atoms with Crippen LogP contribution in [0, 0.1) is 0 Å². The molecule has 0 aliphatic heterocycles. The maximum Gasteiger partial charge on any atom is 0.271 e. The number of para-hydroxylation sites is 1. The summed E-state index contributed by atoms with van der Waals surface area (Å²) < 4.78 is 33.0. The van der Waals surface area contributed by atoms with E-state index in [1.54, 1.807) is 53.7 Å². The maximum absolute atomic E-state index is 12.4. The first kappa shape index (κ1) is 21.9. The monoisotopic (exact) mass is 444 g/mol. The van der Waals surface area contributed by atoms with Crippen LogP contribution in [0.3, 0.4) is 0 Å². The highest BCUT2D eigenvalue weighted by Crippen LogP contribution is 2.20. The molecule has 2 aromatic carbocycles. The molecule has 3 aromatic rings. The zero-order valence-corrected chi connectivity index (χ0v) is 18.3. The number of carbonyl (C=O) groups excluding carboxylic acids is 1. The lowest BCUT2D eigenvalue weighted by molar-refractivity contribution is -0.129. The lowest BCUT2D eigenvalue weighted by atomic mass is 10.1. The molecule has 0 atom stereocenters. The summed E-state index contributed by atoms with van der Waals surface area (Å²) >= 11 is 1.16. The van der Waals surface area contributed by atoms with Gasteiger partial charge in [-0.3, -0.25) is 9.52 Å². The normalized spacial score (nSPS) is 11.1. The highest BCUT2D eigenvalue weighted by atomic mass is 32.2. The van der Waals surface area contributed by atoms with Gasteiger partial charge in [0.2, 0.25) is 5.91 Å². The van der Waals surface area contributed by atoms with Gasteiger partial charge >= 0.3 is 0 Å².